The van der Waals surface area contributed by atoms with E-state index in [0.29, 0.717) is 25.9 Å². The van der Waals surface area contributed by atoms with Gasteiger partial charge in [-0.15, -0.1) is 0 Å². The highest BCUT2D eigenvalue weighted by atomic mass is 32.2. The molecule has 1 aromatic rings. The average molecular weight is 310 g/mol. The molecule has 0 saturated carbocycles. The molecule has 1 aromatic carbocycles. The van der Waals surface area contributed by atoms with Crippen LogP contribution in [0.25, 0.3) is 0 Å². The number of hydrogen-bond donors (Lipinski definition) is 1. The predicted octanol–water partition coefficient (Wildman–Crippen LogP) is 1.02. The van der Waals surface area contributed by atoms with Crippen LogP contribution in [0.3, 0.4) is 0 Å². The molecule has 0 bridgehead atoms. The quantitative estimate of drug-likeness (QED) is 0.817. The van der Waals surface area contributed by atoms with Crippen LogP contribution in [0, 0.1) is 5.92 Å². The molecule has 1 aliphatic heterocycles. The fraction of sp³-hybridized carbons (Fsp3) is 0.533. The summed E-state index contributed by atoms with van der Waals surface area (Å²) in [5, 5.41) is 0. The Balaban J connectivity index is 1.71. The number of hydrogen-bond acceptors (Lipinski definition) is 3. The molecule has 1 N–H and O–H groups in total. The Hall–Kier alpha value is -1.40. The first-order valence-corrected chi connectivity index (χ1v) is 8.87. The fourth-order valence-corrected chi connectivity index (χ4v) is 3.68. The normalized spacial score (nSPS) is 19.2. The van der Waals surface area contributed by atoms with E-state index in [-0.39, 0.29) is 17.6 Å². The molecule has 1 aliphatic rings. The second-order valence-electron chi connectivity index (χ2n) is 5.60. The van der Waals surface area contributed by atoms with Gasteiger partial charge in [0, 0.05) is 26.6 Å². The van der Waals surface area contributed by atoms with Gasteiger partial charge in [0.25, 0.3) is 0 Å². The van der Waals surface area contributed by atoms with Gasteiger partial charge in [-0.05, 0) is 24.3 Å². The van der Waals surface area contributed by atoms with Gasteiger partial charge in [-0.2, -0.15) is 0 Å². The molecule has 0 spiro atoms. The molecule has 1 saturated heterocycles. The summed E-state index contributed by atoms with van der Waals surface area (Å²) in [5.74, 6) is 0.299. The van der Waals surface area contributed by atoms with Gasteiger partial charge in [-0.3, -0.25) is 4.79 Å². The minimum Gasteiger partial charge on any atom is -0.345 e. The Labute approximate surface area is 126 Å². The monoisotopic (exact) mass is 310 g/mol. The number of sulfonamides is 1. The topological polar surface area (TPSA) is 66.5 Å². The maximum absolute atomic E-state index is 11.9. The molecule has 1 fully saturated rings. The summed E-state index contributed by atoms with van der Waals surface area (Å²) in [7, 11) is -1.51. The highest BCUT2D eigenvalue weighted by molar-refractivity contribution is 7.89. The molecule has 0 radical (unpaired) electrons. The summed E-state index contributed by atoms with van der Waals surface area (Å²) in [5.41, 5.74) is 1.15. The summed E-state index contributed by atoms with van der Waals surface area (Å²) in [4.78, 5) is 13.0. The van der Waals surface area contributed by atoms with E-state index in [2.05, 4.69) is 4.72 Å². The van der Waals surface area contributed by atoms with Gasteiger partial charge in [0.1, 0.15) is 0 Å². The number of likely N-dealkylation sites (tertiary alicyclic amines) is 1. The molecule has 1 unspecified atom stereocenters. The van der Waals surface area contributed by atoms with Crippen molar-refractivity contribution in [2.75, 3.05) is 25.9 Å². The first-order chi connectivity index (χ1) is 9.96. The number of carbonyl (C=O) groups excluding carboxylic acids is 1. The predicted molar refractivity (Wildman–Crippen MR) is 82.3 cm³/mol. The number of benzene rings is 1. The lowest BCUT2D eigenvalue weighted by molar-refractivity contribution is -0.126. The lowest BCUT2D eigenvalue weighted by atomic mass is 10.1. The smallest absolute Gasteiger partial charge is 0.222 e. The molecule has 1 heterocycles. The second kappa shape index (κ2) is 7.04. The third-order valence-corrected chi connectivity index (χ3v) is 5.17. The summed E-state index contributed by atoms with van der Waals surface area (Å²) in [6.45, 7) is 0.981. The van der Waals surface area contributed by atoms with Gasteiger partial charge in [0.2, 0.25) is 15.9 Å². The van der Waals surface area contributed by atoms with Crippen LogP contribution in [0.15, 0.2) is 30.3 Å². The van der Waals surface area contributed by atoms with Gasteiger partial charge in [0.15, 0.2) is 0 Å². The standard InChI is InChI=1S/C15H22N2O3S/c1-17-12-14(10-15(17)18)11-16-21(19,20)9-5-8-13-6-3-2-4-7-13/h2-4,6-7,14,16H,5,8-12H2,1H3. The maximum Gasteiger partial charge on any atom is 0.222 e. The van der Waals surface area contributed by atoms with E-state index < -0.39 is 10.0 Å². The maximum atomic E-state index is 11.9. The third kappa shape index (κ3) is 5.13. The SMILES string of the molecule is CN1CC(CNS(=O)(=O)CCCc2ccccc2)CC1=O. The van der Waals surface area contributed by atoms with Crippen molar-refractivity contribution in [3.63, 3.8) is 0 Å². The lowest BCUT2D eigenvalue weighted by Gasteiger charge is -2.11. The zero-order valence-corrected chi connectivity index (χ0v) is 13.1. The molecule has 5 nitrogen and oxygen atoms in total. The van der Waals surface area contributed by atoms with Crippen LogP contribution in [-0.2, 0) is 21.2 Å². The Morgan fingerprint density at radius 1 is 1.29 bits per heavy atom. The van der Waals surface area contributed by atoms with E-state index in [4.69, 9.17) is 0 Å². The summed E-state index contributed by atoms with van der Waals surface area (Å²) in [6, 6.07) is 9.85. The van der Waals surface area contributed by atoms with Crippen molar-refractivity contribution in [2.45, 2.75) is 19.3 Å². The molecule has 1 amide bonds. The summed E-state index contributed by atoms with van der Waals surface area (Å²) < 4.78 is 26.5. The Morgan fingerprint density at radius 3 is 2.62 bits per heavy atom. The van der Waals surface area contributed by atoms with Crippen LogP contribution >= 0.6 is 0 Å². The van der Waals surface area contributed by atoms with Crippen LogP contribution in [0.2, 0.25) is 0 Å². The van der Waals surface area contributed by atoms with Crippen LogP contribution in [-0.4, -0.2) is 45.1 Å². The molecule has 6 heteroatoms. The van der Waals surface area contributed by atoms with E-state index in [1.807, 2.05) is 30.3 Å². The van der Waals surface area contributed by atoms with Crippen LogP contribution < -0.4 is 4.72 Å². The number of rotatable bonds is 7. The molecule has 0 aliphatic carbocycles. The Morgan fingerprint density at radius 2 is 2.00 bits per heavy atom. The highest BCUT2D eigenvalue weighted by Crippen LogP contribution is 2.15. The van der Waals surface area contributed by atoms with E-state index in [0.717, 1.165) is 12.0 Å². The lowest BCUT2D eigenvalue weighted by Crippen LogP contribution is -2.32. The number of nitrogens with zero attached hydrogens (tertiary/aromatic N) is 1. The molecule has 1 atom stereocenters. The number of amides is 1. The first kappa shape index (κ1) is 16.0. The minimum atomic E-state index is -3.25. The van der Waals surface area contributed by atoms with E-state index in [1.165, 1.54) is 0 Å². The Bertz CT molecular complexity index is 572. The van der Waals surface area contributed by atoms with Crippen molar-refractivity contribution in [3.8, 4) is 0 Å². The fourth-order valence-electron chi connectivity index (χ4n) is 2.52. The number of aryl methyl sites for hydroxylation is 1. The third-order valence-electron chi connectivity index (χ3n) is 3.73. The van der Waals surface area contributed by atoms with Gasteiger partial charge in [-0.1, -0.05) is 30.3 Å². The van der Waals surface area contributed by atoms with Crippen molar-refractivity contribution < 1.29 is 13.2 Å². The highest BCUT2D eigenvalue weighted by Gasteiger charge is 2.27. The molecule has 2 rings (SSSR count). The van der Waals surface area contributed by atoms with E-state index in [1.54, 1.807) is 11.9 Å². The minimum absolute atomic E-state index is 0.0864. The van der Waals surface area contributed by atoms with Crippen LogP contribution in [0.4, 0.5) is 0 Å². The summed E-state index contributed by atoms with van der Waals surface area (Å²) in [6.07, 6.45) is 1.79. The Kier molecular flexibility index (Phi) is 5.36. The van der Waals surface area contributed by atoms with Crippen LogP contribution in [0.5, 0.6) is 0 Å². The van der Waals surface area contributed by atoms with Gasteiger partial charge >= 0.3 is 0 Å². The van der Waals surface area contributed by atoms with E-state index >= 15 is 0 Å². The molecular weight excluding hydrogens is 288 g/mol. The largest absolute Gasteiger partial charge is 0.345 e. The van der Waals surface area contributed by atoms with Gasteiger partial charge < -0.3 is 4.90 Å². The second-order valence-corrected chi connectivity index (χ2v) is 7.53. The molecular formula is C15H22N2O3S. The van der Waals surface area contributed by atoms with Gasteiger partial charge in [0.05, 0.1) is 5.75 Å². The van der Waals surface area contributed by atoms with Gasteiger partial charge in [-0.25, -0.2) is 13.1 Å². The zero-order valence-electron chi connectivity index (χ0n) is 12.3. The first-order valence-electron chi connectivity index (χ1n) is 7.21. The van der Waals surface area contributed by atoms with Crippen molar-refractivity contribution >= 4 is 15.9 Å². The molecule has 21 heavy (non-hydrogen) atoms. The summed E-state index contributed by atoms with van der Waals surface area (Å²) >= 11 is 0. The van der Waals surface area contributed by atoms with Crippen molar-refractivity contribution in [3.05, 3.63) is 35.9 Å². The number of carbonyl (C=O) groups is 1. The van der Waals surface area contributed by atoms with Crippen LogP contribution in [0.1, 0.15) is 18.4 Å². The van der Waals surface area contributed by atoms with Crippen molar-refractivity contribution in [1.29, 1.82) is 0 Å². The number of nitrogens with one attached hydrogen (secondary N) is 1. The average Bonchev–Trinajstić information content (AvgIpc) is 2.77. The van der Waals surface area contributed by atoms with E-state index in [9.17, 15) is 13.2 Å². The van der Waals surface area contributed by atoms with Crippen molar-refractivity contribution in [1.82, 2.24) is 9.62 Å². The molecule has 0 aromatic heterocycles. The van der Waals surface area contributed by atoms with Crippen molar-refractivity contribution in [2.24, 2.45) is 5.92 Å². The molecule has 116 valence electrons. The zero-order chi connectivity index (χ0) is 15.3.